The van der Waals surface area contributed by atoms with Crippen molar-refractivity contribution in [2.45, 2.75) is 57.8 Å². The Hall–Kier alpha value is -0.400. The van der Waals surface area contributed by atoms with Crippen molar-refractivity contribution < 1.29 is 54.5 Å². The summed E-state index contributed by atoms with van der Waals surface area (Å²) >= 11 is 0. The molecule has 2 heterocycles. The number of hydrogen-bond donors (Lipinski definition) is 2. The number of hydrogen-bond acceptors (Lipinski definition) is 5. The van der Waals surface area contributed by atoms with Crippen LogP contribution >= 0.6 is 0 Å². The van der Waals surface area contributed by atoms with Crippen molar-refractivity contribution in [2.24, 2.45) is 17.8 Å². The Kier molecular flexibility index (Phi) is 5.63. The molecular formula is C16H22NNaO5. The third-order valence-electron chi connectivity index (χ3n) is 5.58. The van der Waals surface area contributed by atoms with Crippen molar-refractivity contribution in [1.29, 1.82) is 0 Å². The maximum absolute atomic E-state index is 12.2. The van der Waals surface area contributed by atoms with Crippen LogP contribution in [0.5, 0.6) is 0 Å². The number of nitrogens with zero attached hydrogens (tertiary/aromatic N) is 1. The maximum atomic E-state index is 12.2. The molecule has 0 aromatic rings. The van der Waals surface area contributed by atoms with E-state index in [4.69, 9.17) is 0 Å². The molecule has 1 saturated carbocycles. The van der Waals surface area contributed by atoms with E-state index in [1.54, 1.807) is 0 Å². The Morgan fingerprint density at radius 1 is 1.30 bits per heavy atom. The maximum Gasteiger partial charge on any atom is 1.00 e. The Bertz CT molecular complexity index is 541. The summed E-state index contributed by atoms with van der Waals surface area (Å²) in [5.74, 6) is -2.64. The van der Waals surface area contributed by atoms with E-state index >= 15 is 0 Å². The molecule has 6 nitrogen and oxygen atoms in total. The van der Waals surface area contributed by atoms with Crippen molar-refractivity contribution in [3.63, 3.8) is 0 Å². The van der Waals surface area contributed by atoms with Crippen LogP contribution in [-0.2, 0) is 9.59 Å². The van der Waals surface area contributed by atoms with E-state index in [2.05, 4.69) is 0 Å². The summed E-state index contributed by atoms with van der Waals surface area (Å²) in [4.78, 5) is 25.0. The van der Waals surface area contributed by atoms with Gasteiger partial charge in [-0.25, -0.2) is 0 Å². The van der Waals surface area contributed by atoms with Crippen LogP contribution in [0.2, 0.25) is 0 Å². The second kappa shape index (κ2) is 6.84. The van der Waals surface area contributed by atoms with Gasteiger partial charge in [-0.2, -0.15) is 0 Å². The molecule has 0 radical (unpaired) electrons. The topological polar surface area (TPSA) is 101 Å². The first-order chi connectivity index (χ1) is 10.4. The molecule has 0 aromatic carbocycles. The van der Waals surface area contributed by atoms with Gasteiger partial charge in [0.05, 0.1) is 35.8 Å². The van der Waals surface area contributed by atoms with Crippen LogP contribution in [0.4, 0.5) is 0 Å². The molecule has 1 aliphatic carbocycles. The van der Waals surface area contributed by atoms with E-state index in [9.17, 15) is 24.9 Å². The van der Waals surface area contributed by atoms with Crippen LogP contribution in [0, 0.1) is 17.8 Å². The zero-order valence-corrected chi connectivity index (χ0v) is 15.9. The molecule has 3 rings (SSSR count). The summed E-state index contributed by atoms with van der Waals surface area (Å²) in [6.07, 6.45) is 2.13. The van der Waals surface area contributed by atoms with Crippen molar-refractivity contribution in [2.75, 3.05) is 0 Å². The summed E-state index contributed by atoms with van der Waals surface area (Å²) in [6, 6.07) is -0.383. The van der Waals surface area contributed by atoms with Crippen molar-refractivity contribution in [1.82, 2.24) is 4.90 Å². The van der Waals surface area contributed by atoms with Gasteiger partial charge >= 0.3 is 29.6 Å². The second-order valence-corrected chi connectivity index (χ2v) is 6.83. The van der Waals surface area contributed by atoms with Crippen molar-refractivity contribution in [3.8, 4) is 0 Å². The monoisotopic (exact) mass is 331 g/mol. The average Bonchev–Trinajstić information content (AvgIpc) is 3.03. The number of carboxylic acid groups (broad SMARTS) is 1. The normalized spacial score (nSPS) is 33.1. The van der Waals surface area contributed by atoms with Gasteiger partial charge in [0.25, 0.3) is 0 Å². The van der Waals surface area contributed by atoms with Crippen LogP contribution in [0.3, 0.4) is 0 Å². The summed E-state index contributed by atoms with van der Waals surface area (Å²) in [5, 5.41) is 32.0. The molecule has 0 aromatic heterocycles. The summed E-state index contributed by atoms with van der Waals surface area (Å²) < 4.78 is 0. The molecule has 3 aliphatic rings. The van der Waals surface area contributed by atoms with E-state index in [1.165, 1.54) is 11.8 Å². The van der Waals surface area contributed by atoms with Crippen LogP contribution < -0.4 is 34.7 Å². The first kappa shape index (κ1) is 18.9. The number of β-lactam (4-membered cyclic amide) rings is 1. The fraction of sp³-hybridized carbons (Fsp3) is 0.750. The number of fused-ring (bicyclic) bond motifs is 1. The third-order valence-corrected chi connectivity index (χ3v) is 5.58. The van der Waals surface area contributed by atoms with Gasteiger partial charge in [-0.3, -0.25) is 4.79 Å². The number of carboxylic acids is 1. The Morgan fingerprint density at radius 3 is 2.35 bits per heavy atom. The average molecular weight is 331 g/mol. The number of amides is 1. The molecule has 5 atom stereocenters. The number of aliphatic hydroxyl groups excluding tert-OH is 2. The smallest absolute Gasteiger partial charge is 0.543 e. The predicted octanol–water partition coefficient (Wildman–Crippen LogP) is -3.60. The van der Waals surface area contributed by atoms with E-state index in [0.29, 0.717) is 5.57 Å². The van der Waals surface area contributed by atoms with Crippen LogP contribution in [-0.4, -0.2) is 45.2 Å². The van der Waals surface area contributed by atoms with Gasteiger partial charge in [0.2, 0.25) is 5.91 Å². The first-order valence-electron chi connectivity index (χ1n) is 8.00. The largest absolute Gasteiger partial charge is 1.00 e. The number of carbonyl (C=O) groups excluding carboxylic acids is 2. The quantitative estimate of drug-likeness (QED) is 0.410. The summed E-state index contributed by atoms with van der Waals surface area (Å²) in [7, 11) is 0. The fourth-order valence-corrected chi connectivity index (χ4v) is 4.51. The summed E-state index contributed by atoms with van der Waals surface area (Å²) in [6.45, 7) is 3.36. The van der Waals surface area contributed by atoms with Gasteiger partial charge in [-0.05, 0) is 31.3 Å². The number of rotatable bonds is 4. The zero-order chi connectivity index (χ0) is 16.2. The van der Waals surface area contributed by atoms with Gasteiger partial charge in [0, 0.05) is 5.92 Å². The Balaban J connectivity index is 0.00000192. The van der Waals surface area contributed by atoms with Crippen LogP contribution in [0.15, 0.2) is 11.3 Å². The van der Waals surface area contributed by atoms with Crippen LogP contribution in [0.1, 0.15) is 39.5 Å². The molecule has 0 bridgehead atoms. The standard InChI is InChI=1S/C16H23NO5.Na/c1-7-10(14(19)9-5-3-4-6-9)13(16(21)22)17-12(7)11(8(2)18)15(17)20;/h7-9,11-12,14,18-19H,3-6H2,1-2H3,(H,21,22);/q;+1/p-1/t7-,8+,11+,12?,14+;/m0./s1. The van der Waals surface area contributed by atoms with Gasteiger partial charge in [0.1, 0.15) is 0 Å². The number of aliphatic hydroxyl groups is 2. The van der Waals surface area contributed by atoms with Crippen molar-refractivity contribution >= 4 is 11.9 Å². The fourth-order valence-electron chi connectivity index (χ4n) is 4.51. The molecule has 1 amide bonds. The molecule has 1 unspecified atom stereocenters. The zero-order valence-electron chi connectivity index (χ0n) is 13.9. The minimum absolute atomic E-state index is 0. The van der Waals surface area contributed by atoms with Gasteiger partial charge in [-0.1, -0.05) is 19.8 Å². The van der Waals surface area contributed by atoms with E-state index < -0.39 is 24.1 Å². The molecular weight excluding hydrogens is 309 g/mol. The number of aliphatic carboxylic acids is 1. The Labute approximate surface area is 157 Å². The van der Waals surface area contributed by atoms with E-state index in [1.807, 2.05) is 6.92 Å². The predicted molar refractivity (Wildman–Crippen MR) is 75.0 cm³/mol. The molecule has 2 fully saturated rings. The first-order valence-corrected chi connectivity index (χ1v) is 8.00. The molecule has 0 spiro atoms. The van der Waals surface area contributed by atoms with Gasteiger partial charge in [-0.15, -0.1) is 0 Å². The molecule has 122 valence electrons. The molecule has 1 saturated heterocycles. The minimum atomic E-state index is -1.42. The minimum Gasteiger partial charge on any atom is -0.543 e. The molecule has 7 heteroatoms. The van der Waals surface area contributed by atoms with E-state index in [0.717, 1.165) is 25.7 Å². The molecule has 23 heavy (non-hydrogen) atoms. The SMILES string of the molecule is C[C@H]1C([C@H](O)C2CCCC2)=C(C(=O)[O-])N2C(=O)[C@H]([C@@H](C)O)C12.[Na+]. The van der Waals surface area contributed by atoms with Crippen LogP contribution in [0.25, 0.3) is 0 Å². The molecule has 2 aliphatic heterocycles. The van der Waals surface area contributed by atoms with Crippen molar-refractivity contribution in [3.05, 3.63) is 11.3 Å². The van der Waals surface area contributed by atoms with Gasteiger partial charge in [0.15, 0.2) is 0 Å². The third kappa shape index (κ3) is 2.78. The van der Waals surface area contributed by atoms with Gasteiger partial charge < -0.3 is 25.0 Å². The second-order valence-electron chi connectivity index (χ2n) is 6.83. The molecule has 2 N–H and O–H groups in total. The summed E-state index contributed by atoms with van der Waals surface area (Å²) in [5.41, 5.74) is 0.243. The number of carbonyl (C=O) groups is 2. The Morgan fingerprint density at radius 2 is 1.87 bits per heavy atom. The van der Waals surface area contributed by atoms with E-state index in [-0.39, 0.29) is 59.0 Å².